The van der Waals surface area contributed by atoms with Gasteiger partial charge < -0.3 is 16.2 Å². The van der Waals surface area contributed by atoms with Gasteiger partial charge in [0.05, 0.1) is 0 Å². The molecule has 0 aliphatic rings. The van der Waals surface area contributed by atoms with Crippen molar-refractivity contribution in [1.29, 1.82) is 0 Å². The van der Waals surface area contributed by atoms with Crippen molar-refractivity contribution in [2.45, 2.75) is 13.0 Å². The molecule has 4 N–H and O–H groups in total. The summed E-state index contributed by atoms with van der Waals surface area (Å²) in [7, 11) is 0. The third kappa shape index (κ3) is 2.83. The highest BCUT2D eigenvalue weighted by Crippen LogP contribution is 2.17. The molecule has 14 heavy (non-hydrogen) atoms. The lowest BCUT2D eigenvalue weighted by Gasteiger charge is -2.10. The van der Waals surface area contributed by atoms with E-state index in [-0.39, 0.29) is 12.0 Å². The molecule has 0 unspecified atom stereocenters. The minimum absolute atomic E-state index is 0.217. The molecule has 0 fully saturated rings. The fourth-order valence-electron chi connectivity index (χ4n) is 1.11. The fourth-order valence-corrected chi connectivity index (χ4v) is 1.11. The summed E-state index contributed by atoms with van der Waals surface area (Å²) in [4.78, 5) is 10.7. The lowest BCUT2D eigenvalue weighted by Crippen LogP contribution is -2.20. The summed E-state index contributed by atoms with van der Waals surface area (Å²) >= 11 is 0. The highest BCUT2D eigenvalue weighted by molar-refractivity contribution is 5.69. The van der Waals surface area contributed by atoms with E-state index < -0.39 is 0 Å². The molecule has 0 heterocycles. The number of benzene rings is 1. The molecule has 0 saturated heterocycles. The molecule has 0 amide bonds. The Hall–Kier alpha value is -1.39. The van der Waals surface area contributed by atoms with Crippen LogP contribution in [0.5, 0.6) is 5.75 Å². The average Bonchev–Trinajstić information content (AvgIpc) is 2.16. The molecule has 0 radical (unpaired) electrons. The van der Waals surface area contributed by atoms with Crippen molar-refractivity contribution < 1.29 is 9.53 Å². The molecule has 0 bridgehead atoms. The van der Waals surface area contributed by atoms with Gasteiger partial charge in [-0.05, 0) is 17.7 Å². The second kappa shape index (κ2) is 4.74. The van der Waals surface area contributed by atoms with Gasteiger partial charge in [0, 0.05) is 19.5 Å². The van der Waals surface area contributed by atoms with Crippen LogP contribution in [0.2, 0.25) is 0 Å². The molecule has 0 aliphatic carbocycles. The normalized spacial score (nSPS) is 12.2. The average molecular weight is 194 g/mol. The molecule has 1 aromatic carbocycles. The molecule has 0 saturated carbocycles. The van der Waals surface area contributed by atoms with Gasteiger partial charge in [-0.1, -0.05) is 12.1 Å². The molecule has 4 nitrogen and oxygen atoms in total. The summed E-state index contributed by atoms with van der Waals surface area (Å²) in [5, 5.41) is 0. The third-order valence-corrected chi connectivity index (χ3v) is 1.80. The van der Waals surface area contributed by atoms with Gasteiger partial charge in [-0.3, -0.25) is 4.79 Å². The van der Waals surface area contributed by atoms with Crippen molar-refractivity contribution in [2.24, 2.45) is 11.5 Å². The van der Waals surface area contributed by atoms with Crippen molar-refractivity contribution >= 4 is 5.97 Å². The first-order chi connectivity index (χ1) is 6.63. The SMILES string of the molecule is CC(=O)Oc1cccc([C@@H](N)CN)c1. The minimum Gasteiger partial charge on any atom is -0.427 e. The Morgan fingerprint density at radius 1 is 1.57 bits per heavy atom. The Labute approximate surface area is 82.8 Å². The van der Waals surface area contributed by atoms with E-state index in [2.05, 4.69) is 0 Å². The summed E-state index contributed by atoms with van der Waals surface area (Å²) in [5.74, 6) is 0.155. The van der Waals surface area contributed by atoms with Crippen LogP contribution in [0.15, 0.2) is 24.3 Å². The summed E-state index contributed by atoms with van der Waals surface area (Å²) in [6.45, 7) is 1.72. The maximum atomic E-state index is 10.7. The van der Waals surface area contributed by atoms with E-state index in [9.17, 15) is 4.79 Å². The van der Waals surface area contributed by atoms with Crippen LogP contribution in [0, 0.1) is 0 Å². The molecular weight excluding hydrogens is 180 g/mol. The first-order valence-electron chi connectivity index (χ1n) is 4.37. The molecule has 1 aromatic rings. The van der Waals surface area contributed by atoms with Gasteiger partial charge in [0.25, 0.3) is 0 Å². The van der Waals surface area contributed by atoms with Gasteiger partial charge in [-0.15, -0.1) is 0 Å². The lowest BCUT2D eigenvalue weighted by molar-refractivity contribution is -0.131. The zero-order valence-electron chi connectivity index (χ0n) is 8.07. The van der Waals surface area contributed by atoms with Crippen LogP contribution in [0.1, 0.15) is 18.5 Å². The highest BCUT2D eigenvalue weighted by atomic mass is 16.5. The van der Waals surface area contributed by atoms with E-state index in [0.717, 1.165) is 5.56 Å². The number of carbonyl (C=O) groups excluding carboxylic acids is 1. The molecule has 1 atom stereocenters. The van der Waals surface area contributed by atoms with Crippen molar-refractivity contribution in [2.75, 3.05) is 6.54 Å². The van der Waals surface area contributed by atoms with Gasteiger partial charge in [-0.2, -0.15) is 0 Å². The van der Waals surface area contributed by atoms with Crippen molar-refractivity contribution in [3.05, 3.63) is 29.8 Å². The monoisotopic (exact) mass is 194 g/mol. The third-order valence-electron chi connectivity index (χ3n) is 1.80. The van der Waals surface area contributed by atoms with E-state index >= 15 is 0 Å². The number of rotatable bonds is 3. The molecule has 1 rings (SSSR count). The van der Waals surface area contributed by atoms with E-state index in [1.165, 1.54) is 6.92 Å². The topological polar surface area (TPSA) is 78.3 Å². The zero-order valence-corrected chi connectivity index (χ0v) is 8.07. The smallest absolute Gasteiger partial charge is 0.308 e. The number of esters is 1. The van der Waals surface area contributed by atoms with Gasteiger partial charge in [-0.25, -0.2) is 0 Å². The Morgan fingerprint density at radius 3 is 2.86 bits per heavy atom. The number of hydrogen-bond acceptors (Lipinski definition) is 4. The van der Waals surface area contributed by atoms with E-state index in [0.29, 0.717) is 12.3 Å². The van der Waals surface area contributed by atoms with Crippen LogP contribution in [-0.4, -0.2) is 12.5 Å². The quantitative estimate of drug-likeness (QED) is 0.544. The minimum atomic E-state index is -0.344. The van der Waals surface area contributed by atoms with E-state index in [4.69, 9.17) is 16.2 Å². The van der Waals surface area contributed by atoms with Crippen LogP contribution in [-0.2, 0) is 4.79 Å². The number of hydrogen-bond donors (Lipinski definition) is 2. The largest absolute Gasteiger partial charge is 0.427 e. The van der Waals surface area contributed by atoms with Gasteiger partial charge in [0.1, 0.15) is 5.75 Å². The van der Waals surface area contributed by atoms with E-state index in [1.807, 2.05) is 6.07 Å². The van der Waals surface area contributed by atoms with Crippen molar-refractivity contribution in [3.8, 4) is 5.75 Å². The maximum absolute atomic E-state index is 10.7. The Kier molecular flexibility index (Phi) is 3.62. The van der Waals surface area contributed by atoms with Crippen LogP contribution in [0.3, 0.4) is 0 Å². The van der Waals surface area contributed by atoms with Gasteiger partial charge in [0.2, 0.25) is 0 Å². The molecule has 76 valence electrons. The predicted octanol–water partition coefficient (Wildman–Crippen LogP) is 0.570. The Balaban J connectivity index is 2.83. The Morgan fingerprint density at radius 2 is 2.29 bits per heavy atom. The standard InChI is InChI=1S/C10H14N2O2/c1-7(13)14-9-4-2-3-8(5-9)10(12)6-11/h2-5,10H,6,11-12H2,1H3/t10-/m0/s1. The fraction of sp³-hybridized carbons (Fsp3) is 0.300. The summed E-state index contributed by atoms with van der Waals surface area (Å²) in [6, 6.07) is 6.84. The van der Waals surface area contributed by atoms with Gasteiger partial charge >= 0.3 is 5.97 Å². The first kappa shape index (κ1) is 10.7. The van der Waals surface area contributed by atoms with Crippen LogP contribution in [0.4, 0.5) is 0 Å². The maximum Gasteiger partial charge on any atom is 0.308 e. The predicted molar refractivity (Wildman–Crippen MR) is 53.7 cm³/mol. The molecule has 0 spiro atoms. The second-order valence-electron chi connectivity index (χ2n) is 3.01. The number of carbonyl (C=O) groups is 1. The molecule has 0 aliphatic heterocycles. The van der Waals surface area contributed by atoms with Gasteiger partial charge in [0.15, 0.2) is 0 Å². The molecular formula is C10H14N2O2. The summed E-state index contributed by atoms with van der Waals surface area (Å²) in [6.07, 6.45) is 0. The zero-order chi connectivity index (χ0) is 10.6. The van der Waals surface area contributed by atoms with E-state index in [1.54, 1.807) is 18.2 Å². The highest BCUT2D eigenvalue weighted by Gasteiger charge is 2.05. The number of nitrogens with two attached hydrogens (primary N) is 2. The lowest BCUT2D eigenvalue weighted by atomic mass is 10.1. The van der Waals surface area contributed by atoms with Crippen LogP contribution in [0.25, 0.3) is 0 Å². The van der Waals surface area contributed by atoms with Crippen molar-refractivity contribution in [1.82, 2.24) is 0 Å². The molecule has 4 heteroatoms. The number of ether oxygens (including phenoxy) is 1. The summed E-state index contributed by atoms with van der Waals surface area (Å²) < 4.78 is 4.91. The Bertz CT molecular complexity index is 326. The summed E-state index contributed by atoms with van der Waals surface area (Å²) in [5.41, 5.74) is 12.0. The second-order valence-corrected chi connectivity index (χ2v) is 3.01. The molecule has 0 aromatic heterocycles. The van der Waals surface area contributed by atoms with Crippen LogP contribution < -0.4 is 16.2 Å². The van der Waals surface area contributed by atoms with Crippen molar-refractivity contribution in [3.63, 3.8) is 0 Å². The van der Waals surface area contributed by atoms with Crippen LogP contribution >= 0.6 is 0 Å². The first-order valence-corrected chi connectivity index (χ1v) is 4.37.